The van der Waals surface area contributed by atoms with Gasteiger partial charge in [-0.3, -0.25) is 0 Å². The summed E-state index contributed by atoms with van der Waals surface area (Å²) in [5.41, 5.74) is 1.93. The lowest BCUT2D eigenvalue weighted by Gasteiger charge is -2.02. The van der Waals surface area contributed by atoms with Crippen molar-refractivity contribution in [2.24, 2.45) is 0 Å². The molecule has 1 aromatic carbocycles. The molecule has 1 heterocycles. The van der Waals surface area contributed by atoms with Gasteiger partial charge < -0.3 is 0 Å². The summed E-state index contributed by atoms with van der Waals surface area (Å²) in [4.78, 5) is 1.18. The summed E-state index contributed by atoms with van der Waals surface area (Å²) in [6.45, 7) is 1.87. The van der Waals surface area contributed by atoms with Crippen LogP contribution >= 0.6 is 0 Å². The van der Waals surface area contributed by atoms with Crippen LogP contribution in [0, 0.1) is 12.7 Å². The van der Waals surface area contributed by atoms with Gasteiger partial charge in [0.25, 0.3) is 0 Å². The Hall–Kier alpha value is -1.97. The van der Waals surface area contributed by atoms with Gasteiger partial charge in [0, 0.05) is 21.5 Å². The zero-order valence-corrected chi connectivity index (χ0v) is 8.31. The lowest BCUT2D eigenvalue weighted by atomic mass is 10.1. The molecule has 2 rings (SSSR count). The number of rotatable bonds is 1. The van der Waals surface area contributed by atoms with E-state index in [1.807, 2.05) is 6.92 Å². The molecule has 4 heteroatoms. The third kappa shape index (κ3) is 1.79. The van der Waals surface area contributed by atoms with Crippen molar-refractivity contribution >= 4 is 0 Å². The lowest BCUT2D eigenvalue weighted by Crippen LogP contribution is -2.48. The summed E-state index contributed by atoms with van der Waals surface area (Å²) in [7, 11) is 0. The van der Waals surface area contributed by atoms with Crippen LogP contribution in [0.4, 0.5) is 4.39 Å². The van der Waals surface area contributed by atoms with Crippen molar-refractivity contribution in [1.82, 2.24) is 5.10 Å². The third-order valence-corrected chi connectivity index (χ3v) is 2.20. The molecule has 0 saturated heterocycles. The number of benzene rings is 1. The highest BCUT2D eigenvalue weighted by molar-refractivity contribution is 5.62. The predicted octanol–water partition coefficient (Wildman–Crippen LogP) is 1.20. The Labute approximate surface area is 86.9 Å². The molecule has 0 fully saturated rings. The first-order chi connectivity index (χ1) is 7.18. The van der Waals surface area contributed by atoms with Gasteiger partial charge in [-0.05, 0) is 24.6 Å². The van der Waals surface area contributed by atoms with E-state index in [0.717, 1.165) is 5.56 Å². The highest BCUT2D eigenvalue weighted by Crippen LogP contribution is 2.21. The largest absolute Gasteiger partial charge is 0.230 e. The number of hydrogen-bond donors (Lipinski definition) is 1. The second-order valence-corrected chi connectivity index (χ2v) is 3.31. The monoisotopic (exact) mass is 204 g/mol. The second kappa shape index (κ2) is 3.65. The minimum Gasteiger partial charge on any atom is -0.206 e. The number of hydrogen-bond acceptors (Lipinski definition) is 2. The van der Waals surface area contributed by atoms with Crippen LogP contribution in [0.3, 0.4) is 0 Å². The van der Waals surface area contributed by atoms with E-state index in [-0.39, 0.29) is 5.82 Å². The molecule has 0 aliphatic rings. The molecule has 1 aromatic heterocycles. The van der Waals surface area contributed by atoms with Gasteiger partial charge in [0.1, 0.15) is 11.5 Å². The molecule has 2 aromatic rings. The van der Waals surface area contributed by atoms with Crippen LogP contribution in [0.15, 0.2) is 36.5 Å². The first-order valence-electron chi connectivity index (χ1n) is 4.58. The lowest BCUT2D eigenvalue weighted by molar-refractivity contribution is -0.699. The van der Waals surface area contributed by atoms with Gasteiger partial charge in [0.05, 0.1) is 0 Å². The molecule has 2 N–H and O–H groups in total. The van der Waals surface area contributed by atoms with Gasteiger partial charge in [0.2, 0.25) is 6.20 Å². The number of nitrogens with two attached hydrogens (primary N) is 1. The molecular weight excluding hydrogens is 193 g/mol. The molecule has 0 radical (unpaired) electrons. The maximum atomic E-state index is 13.5. The van der Waals surface area contributed by atoms with Crippen LogP contribution < -0.4 is 10.6 Å². The maximum absolute atomic E-state index is 13.5. The minimum absolute atomic E-state index is 0.292. The van der Waals surface area contributed by atoms with Gasteiger partial charge in [-0.15, -0.1) is 0 Å². The highest BCUT2D eigenvalue weighted by atomic mass is 19.1. The molecule has 0 atom stereocenters. The van der Waals surface area contributed by atoms with Crippen LogP contribution in [0.2, 0.25) is 0 Å². The van der Waals surface area contributed by atoms with Crippen LogP contribution in [0.25, 0.3) is 11.3 Å². The van der Waals surface area contributed by atoms with E-state index >= 15 is 0 Å². The van der Waals surface area contributed by atoms with E-state index in [4.69, 9.17) is 5.84 Å². The molecule has 0 spiro atoms. The van der Waals surface area contributed by atoms with E-state index in [9.17, 15) is 4.39 Å². The van der Waals surface area contributed by atoms with Crippen molar-refractivity contribution in [2.75, 3.05) is 5.84 Å². The average Bonchev–Trinajstić information content (AvgIpc) is 2.23. The molecule has 15 heavy (non-hydrogen) atoms. The fraction of sp³-hybridized carbons (Fsp3) is 0.0909. The predicted molar refractivity (Wildman–Crippen MR) is 54.7 cm³/mol. The summed E-state index contributed by atoms with van der Waals surface area (Å²) < 4.78 is 13.5. The first kappa shape index (κ1) is 9.58. The van der Waals surface area contributed by atoms with E-state index < -0.39 is 0 Å². The molecule has 0 aliphatic carbocycles. The average molecular weight is 204 g/mol. The summed E-state index contributed by atoms with van der Waals surface area (Å²) >= 11 is 0. The molecule has 0 unspecified atom stereocenters. The van der Waals surface area contributed by atoms with E-state index in [0.29, 0.717) is 11.3 Å². The Bertz CT molecular complexity index is 497. The van der Waals surface area contributed by atoms with Crippen molar-refractivity contribution in [2.45, 2.75) is 6.92 Å². The minimum atomic E-state index is -0.292. The molecule has 0 amide bonds. The quantitative estimate of drug-likeness (QED) is 0.560. The van der Waals surface area contributed by atoms with E-state index in [2.05, 4.69) is 5.10 Å². The molecule has 3 nitrogen and oxygen atoms in total. The Kier molecular flexibility index (Phi) is 2.33. The van der Waals surface area contributed by atoms with Crippen molar-refractivity contribution < 1.29 is 9.18 Å². The van der Waals surface area contributed by atoms with Gasteiger partial charge in [0.15, 0.2) is 0 Å². The maximum Gasteiger partial charge on any atom is 0.230 e. The number of nitrogens with zero attached hydrogens (tertiary/aromatic N) is 2. The zero-order valence-electron chi connectivity index (χ0n) is 8.31. The molecule has 0 saturated carbocycles. The van der Waals surface area contributed by atoms with Gasteiger partial charge in [-0.25, -0.2) is 4.39 Å². The normalized spacial score (nSPS) is 10.3. The Morgan fingerprint density at radius 2 is 2.00 bits per heavy atom. The topological polar surface area (TPSA) is 42.8 Å². The number of nitrogen functional groups attached to an aromatic ring is 1. The Balaban J connectivity index is 2.64. The van der Waals surface area contributed by atoms with Crippen LogP contribution in [-0.2, 0) is 0 Å². The first-order valence-corrected chi connectivity index (χ1v) is 4.58. The van der Waals surface area contributed by atoms with Crippen LogP contribution in [0.1, 0.15) is 5.56 Å². The number of aryl methyl sites for hydroxylation is 1. The van der Waals surface area contributed by atoms with Crippen LogP contribution in [0.5, 0.6) is 0 Å². The molecular formula is C11H11FN3+. The highest BCUT2D eigenvalue weighted by Gasteiger charge is 2.12. The standard InChI is InChI=1S/C11H11FN3/c1-8-6-7-15(13)14-11(8)9-4-2-3-5-10(9)12/h2-7H,1H3,(H2,13,14)/q+1. The Morgan fingerprint density at radius 3 is 2.73 bits per heavy atom. The third-order valence-electron chi connectivity index (χ3n) is 2.20. The summed E-state index contributed by atoms with van der Waals surface area (Å²) in [5, 5.41) is 4.06. The zero-order chi connectivity index (χ0) is 10.8. The van der Waals surface area contributed by atoms with Gasteiger partial charge in [-0.1, -0.05) is 12.1 Å². The van der Waals surface area contributed by atoms with E-state index in [1.165, 1.54) is 10.9 Å². The van der Waals surface area contributed by atoms with Crippen molar-refractivity contribution in [1.29, 1.82) is 0 Å². The Morgan fingerprint density at radius 1 is 1.27 bits per heavy atom. The van der Waals surface area contributed by atoms with Crippen molar-refractivity contribution in [3.05, 3.63) is 47.9 Å². The van der Waals surface area contributed by atoms with E-state index in [1.54, 1.807) is 30.5 Å². The summed E-state index contributed by atoms with van der Waals surface area (Å²) in [5.74, 6) is 5.21. The molecule has 76 valence electrons. The fourth-order valence-electron chi connectivity index (χ4n) is 1.41. The van der Waals surface area contributed by atoms with Crippen LogP contribution in [-0.4, -0.2) is 5.10 Å². The molecule has 0 bridgehead atoms. The van der Waals surface area contributed by atoms with Gasteiger partial charge in [-0.2, -0.15) is 5.84 Å². The fourth-order valence-corrected chi connectivity index (χ4v) is 1.41. The van der Waals surface area contributed by atoms with Crippen molar-refractivity contribution in [3.63, 3.8) is 0 Å². The number of aromatic nitrogens is 2. The summed E-state index contributed by atoms with van der Waals surface area (Å²) in [6.07, 6.45) is 1.62. The molecule has 0 aliphatic heterocycles. The van der Waals surface area contributed by atoms with Crippen molar-refractivity contribution in [3.8, 4) is 11.3 Å². The van der Waals surface area contributed by atoms with Gasteiger partial charge >= 0.3 is 0 Å². The summed E-state index contributed by atoms with van der Waals surface area (Å²) in [6, 6.07) is 8.31. The SMILES string of the molecule is Cc1cc[n+](N)nc1-c1ccccc1F. The number of halogens is 1. The smallest absolute Gasteiger partial charge is 0.206 e. The second-order valence-electron chi connectivity index (χ2n) is 3.31.